The highest BCUT2D eigenvalue weighted by Gasteiger charge is 2.30. The maximum Gasteiger partial charge on any atom is 0.287 e. The van der Waals surface area contributed by atoms with E-state index in [1.165, 1.54) is 0 Å². The van der Waals surface area contributed by atoms with E-state index in [2.05, 4.69) is 5.32 Å². The summed E-state index contributed by atoms with van der Waals surface area (Å²) in [6.45, 7) is 0.411. The van der Waals surface area contributed by atoms with Crippen molar-refractivity contribution >= 4 is 22.1 Å². The van der Waals surface area contributed by atoms with Gasteiger partial charge in [-0.15, -0.1) is 0 Å². The molecular formula is C21H23NO5S. The van der Waals surface area contributed by atoms with Crippen LogP contribution in [0.25, 0.3) is 0 Å². The van der Waals surface area contributed by atoms with Crippen molar-refractivity contribution in [2.24, 2.45) is 0 Å². The summed E-state index contributed by atoms with van der Waals surface area (Å²) >= 11 is 0.747. The molecule has 0 radical (unpaired) electrons. The van der Waals surface area contributed by atoms with Crippen molar-refractivity contribution in [2.75, 3.05) is 14.2 Å². The fraction of sp³-hybridized carbons (Fsp3) is 0.333. The van der Waals surface area contributed by atoms with E-state index in [0.717, 1.165) is 35.7 Å². The lowest BCUT2D eigenvalue weighted by Gasteiger charge is -2.16. The van der Waals surface area contributed by atoms with Crippen molar-refractivity contribution in [3.8, 4) is 17.2 Å². The van der Waals surface area contributed by atoms with Gasteiger partial charge in [-0.1, -0.05) is 30.3 Å². The van der Waals surface area contributed by atoms with E-state index >= 15 is 0 Å². The van der Waals surface area contributed by atoms with Crippen LogP contribution in [0.3, 0.4) is 0 Å². The van der Waals surface area contributed by atoms with Crippen molar-refractivity contribution in [1.29, 1.82) is 0 Å². The van der Waals surface area contributed by atoms with Crippen molar-refractivity contribution in [3.63, 3.8) is 0 Å². The summed E-state index contributed by atoms with van der Waals surface area (Å²) in [7, 11) is 3.19. The van der Waals surface area contributed by atoms with E-state index in [0.29, 0.717) is 30.3 Å². The molecule has 0 aromatic heterocycles. The second kappa shape index (κ2) is 9.50. The second-order valence-electron chi connectivity index (χ2n) is 6.40. The molecule has 6 nitrogen and oxygen atoms in total. The molecule has 1 aliphatic rings. The summed E-state index contributed by atoms with van der Waals surface area (Å²) in [5.74, 6) is 1.77. The van der Waals surface area contributed by atoms with E-state index in [1.807, 2.05) is 42.5 Å². The third-order valence-corrected chi connectivity index (χ3v) is 5.26. The van der Waals surface area contributed by atoms with Crippen LogP contribution in [0.2, 0.25) is 0 Å². The van der Waals surface area contributed by atoms with Crippen LogP contribution in [-0.4, -0.2) is 30.6 Å². The summed E-state index contributed by atoms with van der Waals surface area (Å²) in [6, 6.07) is 13.3. The first-order valence-corrected chi connectivity index (χ1v) is 9.86. The topological polar surface area (TPSA) is 73.9 Å². The molecule has 0 saturated carbocycles. The number of carbonyl (C=O) groups is 2. The minimum absolute atomic E-state index is 0.107. The van der Waals surface area contributed by atoms with Gasteiger partial charge in [-0.05, 0) is 42.5 Å². The van der Waals surface area contributed by atoms with Crippen molar-refractivity contribution in [3.05, 3.63) is 53.6 Å². The van der Waals surface area contributed by atoms with E-state index in [1.54, 1.807) is 14.2 Å². The third kappa shape index (κ3) is 4.98. The molecule has 1 aliphatic heterocycles. The van der Waals surface area contributed by atoms with Crippen LogP contribution in [0.15, 0.2) is 42.5 Å². The molecule has 2 aromatic carbocycles. The average molecular weight is 401 g/mol. The number of carbonyl (C=O) groups excluding carboxylic acids is 2. The Morgan fingerprint density at radius 1 is 1.00 bits per heavy atom. The van der Waals surface area contributed by atoms with Gasteiger partial charge in [0.25, 0.3) is 5.24 Å². The molecule has 1 heterocycles. The number of aryl methyl sites for hydroxylation is 1. The Morgan fingerprint density at radius 2 is 1.68 bits per heavy atom. The van der Waals surface area contributed by atoms with E-state index in [9.17, 15) is 9.59 Å². The van der Waals surface area contributed by atoms with Crippen molar-refractivity contribution in [2.45, 2.75) is 31.9 Å². The molecule has 3 rings (SSSR count). The predicted molar refractivity (Wildman–Crippen MR) is 108 cm³/mol. The van der Waals surface area contributed by atoms with E-state index in [-0.39, 0.29) is 10.4 Å². The Labute approximate surface area is 168 Å². The number of nitrogens with one attached hydrogen (secondary N) is 1. The van der Waals surface area contributed by atoms with Crippen molar-refractivity contribution in [1.82, 2.24) is 5.32 Å². The summed E-state index contributed by atoms with van der Waals surface area (Å²) in [4.78, 5) is 22.9. The summed E-state index contributed by atoms with van der Waals surface area (Å²) in [6.07, 6.45) is 2.10. The van der Waals surface area contributed by atoms with Gasteiger partial charge >= 0.3 is 0 Å². The minimum atomic E-state index is -0.394. The van der Waals surface area contributed by atoms with E-state index < -0.39 is 6.04 Å². The molecule has 0 bridgehead atoms. The fourth-order valence-corrected chi connectivity index (χ4v) is 3.75. The zero-order valence-electron chi connectivity index (χ0n) is 15.9. The van der Waals surface area contributed by atoms with Gasteiger partial charge in [-0.25, -0.2) is 0 Å². The predicted octanol–water partition coefficient (Wildman–Crippen LogP) is 3.96. The van der Waals surface area contributed by atoms with Gasteiger partial charge in [0.1, 0.15) is 6.61 Å². The number of amides is 1. The maximum absolute atomic E-state index is 11.7. The quantitative estimate of drug-likeness (QED) is 0.686. The lowest BCUT2D eigenvalue weighted by atomic mass is 10.0. The second-order valence-corrected chi connectivity index (χ2v) is 7.38. The van der Waals surface area contributed by atoms with Crippen LogP contribution < -0.4 is 19.5 Å². The van der Waals surface area contributed by atoms with Crippen molar-refractivity contribution < 1.29 is 23.8 Å². The van der Waals surface area contributed by atoms with Gasteiger partial charge in [0.2, 0.25) is 10.9 Å². The molecule has 1 amide bonds. The summed E-state index contributed by atoms with van der Waals surface area (Å²) < 4.78 is 17.0. The lowest BCUT2D eigenvalue weighted by Crippen LogP contribution is -2.28. The minimum Gasteiger partial charge on any atom is -0.493 e. The average Bonchev–Trinajstić information content (AvgIpc) is 3.03. The number of benzene rings is 2. The molecular weight excluding hydrogens is 378 g/mol. The standard InChI is InChI=1S/C21H23NO5S/c1-25-17-11-15(9-6-10-16-20(23)28-21(24)22-16)12-18(26-2)19(17)27-13-14-7-4-3-5-8-14/h3-5,7-8,11-12,16H,6,9-10,13H2,1-2H3,(H,22,24). The first kappa shape index (κ1) is 20.1. The molecule has 7 heteroatoms. The van der Waals surface area contributed by atoms with Crippen LogP contribution in [0, 0.1) is 0 Å². The zero-order chi connectivity index (χ0) is 19.9. The monoisotopic (exact) mass is 401 g/mol. The summed E-state index contributed by atoms with van der Waals surface area (Å²) in [5.41, 5.74) is 2.07. The molecule has 148 valence electrons. The number of hydrogen-bond donors (Lipinski definition) is 1. The zero-order valence-corrected chi connectivity index (χ0v) is 16.7. The van der Waals surface area contributed by atoms with Crippen LogP contribution >= 0.6 is 11.8 Å². The SMILES string of the molecule is COc1cc(CCCC2NC(=O)SC2=O)cc(OC)c1OCc1ccccc1. The highest BCUT2D eigenvalue weighted by atomic mass is 32.2. The van der Waals surface area contributed by atoms with Crippen LogP contribution in [0.1, 0.15) is 24.0 Å². The number of ether oxygens (including phenoxy) is 3. The highest BCUT2D eigenvalue weighted by molar-refractivity contribution is 8.26. The van der Waals surface area contributed by atoms with Crippen LogP contribution in [0.5, 0.6) is 17.2 Å². The van der Waals surface area contributed by atoms with E-state index in [4.69, 9.17) is 14.2 Å². The van der Waals surface area contributed by atoms with Gasteiger partial charge < -0.3 is 19.5 Å². The summed E-state index contributed by atoms with van der Waals surface area (Å²) in [5, 5.41) is 2.31. The Hall–Kier alpha value is -2.67. The normalized spacial score (nSPS) is 16.0. The fourth-order valence-electron chi connectivity index (χ4n) is 3.04. The largest absolute Gasteiger partial charge is 0.493 e. The number of methoxy groups -OCH3 is 2. The van der Waals surface area contributed by atoms with Gasteiger partial charge in [-0.2, -0.15) is 0 Å². The molecule has 1 unspecified atom stereocenters. The molecule has 28 heavy (non-hydrogen) atoms. The first-order valence-electron chi connectivity index (χ1n) is 9.04. The van der Waals surface area contributed by atoms with Gasteiger partial charge in [0.15, 0.2) is 11.5 Å². The van der Waals surface area contributed by atoms with Crippen LogP contribution in [0.4, 0.5) is 4.79 Å². The van der Waals surface area contributed by atoms with Gasteiger partial charge in [0.05, 0.1) is 20.3 Å². The molecule has 1 fully saturated rings. The molecule has 2 aromatic rings. The van der Waals surface area contributed by atoms with Gasteiger partial charge in [-0.3, -0.25) is 9.59 Å². The Balaban J connectivity index is 1.66. The maximum atomic E-state index is 11.7. The number of thioether (sulfide) groups is 1. The lowest BCUT2D eigenvalue weighted by molar-refractivity contribution is -0.112. The highest BCUT2D eigenvalue weighted by Crippen LogP contribution is 2.39. The number of rotatable bonds is 9. The smallest absolute Gasteiger partial charge is 0.287 e. The third-order valence-electron chi connectivity index (χ3n) is 4.47. The molecule has 1 N–H and O–H groups in total. The number of hydrogen-bond acceptors (Lipinski definition) is 6. The molecule has 0 aliphatic carbocycles. The van der Waals surface area contributed by atoms with Crippen LogP contribution in [-0.2, 0) is 17.8 Å². The Kier molecular flexibility index (Phi) is 6.81. The van der Waals surface area contributed by atoms with Gasteiger partial charge in [0, 0.05) is 11.8 Å². The molecule has 0 spiro atoms. The molecule has 1 saturated heterocycles. The Bertz CT molecular complexity index is 815. The Morgan fingerprint density at radius 3 is 2.25 bits per heavy atom. The molecule has 1 atom stereocenters. The first-order chi connectivity index (χ1) is 13.6.